The minimum atomic E-state index is -0.615. The molecule has 0 atom stereocenters. The molecule has 2 aromatic carbocycles. The monoisotopic (exact) mass is 419 g/mol. The predicted octanol–water partition coefficient (Wildman–Crippen LogP) is 4.07. The second kappa shape index (κ2) is 8.14. The Balaban J connectivity index is 1.46. The number of hydrogen-bond donors (Lipinski definition) is 3. The number of thiophene rings is 1. The Labute approximate surface area is 174 Å². The summed E-state index contributed by atoms with van der Waals surface area (Å²) in [4.78, 5) is 26.0. The maximum atomic E-state index is 13.8. The van der Waals surface area contributed by atoms with Gasteiger partial charge in [-0.2, -0.15) is 10.4 Å². The van der Waals surface area contributed by atoms with Crippen molar-refractivity contribution in [2.24, 2.45) is 0 Å². The predicted molar refractivity (Wildman–Crippen MR) is 112 cm³/mol. The largest absolute Gasteiger partial charge is 0.326 e. The maximum absolute atomic E-state index is 13.8. The van der Waals surface area contributed by atoms with Gasteiger partial charge < -0.3 is 10.6 Å². The zero-order chi connectivity index (χ0) is 21.1. The van der Waals surface area contributed by atoms with E-state index >= 15 is 0 Å². The maximum Gasteiger partial charge on any atom is 0.259 e. The average molecular weight is 419 g/mol. The van der Waals surface area contributed by atoms with Gasteiger partial charge in [0.1, 0.15) is 16.5 Å². The number of nitrogens with zero attached hydrogens (tertiary/aromatic N) is 2. The van der Waals surface area contributed by atoms with E-state index in [4.69, 9.17) is 5.26 Å². The number of benzene rings is 2. The smallest absolute Gasteiger partial charge is 0.259 e. The van der Waals surface area contributed by atoms with Crippen molar-refractivity contribution in [1.82, 2.24) is 10.2 Å². The van der Waals surface area contributed by atoms with Gasteiger partial charge in [-0.15, -0.1) is 11.3 Å². The third-order valence-electron chi connectivity index (χ3n) is 4.29. The lowest BCUT2D eigenvalue weighted by Crippen LogP contribution is -2.14. The fraction of sp³-hybridized carbons (Fsp3) is 0.0476. The van der Waals surface area contributed by atoms with Gasteiger partial charge in [0.15, 0.2) is 0 Å². The molecule has 4 aromatic rings. The highest BCUT2D eigenvalue weighted by atomic mass is 32.1. The molecular weight excluding hydrogens is 405 g/mol. The molecule has 0 unspecified atom stereocenters. The van der Waals surface area contributed by atoms with Crippen LogP contribution in [0.2, 0.25) is 0 Å². The van der Waals surface area contributed by atoms with Crippen LogP contribution >= 0.6 is 11.3 Å². The summed E-state index contributed by atoms with van der Waals surface area (Å²) in [5, 5.41) is 21.7. The third kappa shape index (κ3) is 4.04. The summed E-state index contributed by atoms with van der Waals surface area (Å²) in [7, 11) is 0. The van der Waals surface area contributed by atoms with Crippen LogP contribution in [-0.2, 0) is 11.2 Å². The average Bonchev–Trinajstić information content (AvgIpc) is 3.30. The molecule has 0 aliphatic heterocycles. The quantitative estimate of drug-likeness (QED) is 0.453. The van der Waals surface area contributed by atoms with E-state index in [-0.39, 0.29) is 17.9 Å². The van der Waals surface area contributed by atoms with Crippen LogP contribution in [0.1, 0.15) is 20.8 Å². The Kier molecular flexibility index (Phi) is 5.24. The molecule has 0 spiro atoms. The van der Waals surface area contributed by atoms with E-state index in [9.17, 15) is 14.0 Å². The number of nitrogens with one attached hydrogen (secondary N) is 3. The van der Waals surface area contributed by atoms with Crippen LogP contribution in [0.3, 0.4) is 0 Å². The van der Waals surface area contributed by atoms with Gasteiger partial charge in [-0.05, 0) is 42.5 Å². The first-order chi connectivity index (χ1) is 14.5. The molecule has 2 heterocycles. The molecule has 0 radical (unpaired) electrons. The van der Waals surface area contributed by atoms with Crippen molar-refractivity contribution in [3.8, 4) is 6.07 Å². The zero-order valence-corrected chi connectivity index (χ0v) is 16.2. The number of carbonyl (C=O) groups excluding carboxylic acids is 2. The van der Waals surface area contributed by atoms with Gasteiger partial charge >= 0.3 is 0 Å². The number of amides is 2. The number of nitriles is 1. The van der Waals surface area contributed by atoms with Crippen molar-refractivity contribution in [3.05, 3.63) is 76.4 Å². The number of fused-ring (bicyclic) bond motifs is 1. The molecule has 9 heteroatoms. The molecule has 7 nitrogen and oxygen atoms in total. The SMILES string of the molecule is N#Cc1ccc(NC(=O)Cc2cc3c(NC(=O)c4ccccc4F)[nH]nc3s2)cc1. The van der Waals surface area contributed by atoms with Gasteiger partial charge in [0.05, 0.1) is 29.0 Å². The van der Waals surface area contributed by atoms with Gasteiger partial charge in [0, 0.05) is 10.6 Å². The molecule has 2 aromatic heterocycles. The van der Waals surface area contributed by atoms with Crippen molar-refractivity contribution >= 4 is 44.9 Å². The Morgan fingerprint density at radius 2 is 1.90 bits per heavy atom. The molecular formula is C21H14FN5O2S. The minimum Gasteiger partial charge on any atom is -0.326 e. The molecule has 0 aliphatic rings. The Hall–Kier alpha value is -4.03. The van der Waals surface area contributed by atoms with Crippen LogP contribution in [0.4, 0.5) is 15.9 Å². The number of hydrogen-bond acceptors (Lipinski definition) is 5. The number of rotatable bonds is 5. The number of carbonyl (C=O) groups is 2. The second-order valence-electron chi connectivity index (χ2n) is 6.38. The van der Waals surface area contributed by atoms with Gasteiger partial charge in [0.2, 0.25) is 5.91 Å². The lowest BCUT2D eigenvalue weighted by Gasteiger charge is -2.04. The van der Waals surface area contributed by atoms with E-state index in [1.165, 1.54) is 29.5 Å². The highest BCUT2D eigenvalue weighted by Gasteiger charge is 2.17. The third-order valence-corrected chi connectivity index (χ3v) is 5.32. The number of aromatic amines is 1. The first-order valence-corrected chi connectivity index (χ1v) is 9.68. The molecule has 0 bridgehead atoms. The van der Waals surface area contributed by atoms with Crippen LogP contribution in [0, 0.1) is 17.1 Å². The summed E-state index contributed by atoms with van der Waals surface area (Å²) in [5.41, 5.74) is 1.04. The first-order valence-electron chi connectivity index (χ1n) is 8.86. The number of aromatic nitrogens is 2. The molecule has 2 amide bonds. The Morgan fingerprint density at radius 3 is 2.63 bits per heavy atom. The van der Waals surface area contributed by atoms with Crippen LogP contribution in [0.5, 0.6) is 0 Å². The highest BCUT2D eigenvalue weighted by molar-refractivity contribution is 7.18. The molecule has 0 saturated carbocycles. The van der Waals surface area contributed by atoms with Crippen LogP contribution in [0.15, 0.2) is 54.6 Å². The summed E-state index contributed by atoms with van der Waals surface area (Å²) in [6.07, 6.45) is 0.127. The molecule has 0 aliphatic carbocycles. The second-order valence-corrected chi connectivity index (χ2v) is 7.49. The van der Waals surface area contributed by atoms with Gasteiger partial charge in [-0.25, -0.2) is 4.39 Å². The first kappa shape index (κ1) is 19.3. The minimum absolute atomic E-state index is 0.0718. The normalized spacial score (nSPS) is 10.5. The lowest BCUT2D eigenvalue weighted by molar-refractivity contribution is -0.115. The highest BCUT2D eigenvalue weighted by Crippen LogP contribution is 2.30. The van der Waals surface area contributed by atoms with Crippen molar-refractivity contribution in [1.29, 1.82) is 5.26 Å². The van der Waals surface area contributed by atoms with Crippen LogP contribution in [0.25, 0.3) is 10.2 Å². The van der Waals surface area contributed by atoms with E-state index in [2.05, 4.69) is 20.8 Å². The van der Waals surface area contributed by atoms with E-state index in [1.807, 2.05) is 6.07 Å². The summed E-state index contributed by atoms with van der Waals surface area (Å²) >= 11 is 1.32. The summed E-state index contributed by atoms with van der Waals surface area (Å²) < 4.78 is 13.8. The van der Waals surface area contributed by atoms with Crippen molar-refractivity contribution in [2.45, 2.75) is 6.42 Å². The standard InChI is InChI=1S/C21H14FN5O2S/c22-17-4-2-1-3-15(17)20(29)25-19-16-9-14(30-21(16)27-26-19)10-18(28)24-13-7-5-12(11-23)6-8-13/h1-9H,10H2,(H,24,28)(H2,25,26,27,29). The van der Waals surface area contributed by atoms with Crippen molar-refractivity contribution in [2.75, 3.05) is 10.6 Å². The molecule has 0 fully saturated rings. The molecule has 3 N–H and O–H groups in total. The number of H-pyrrole nitrogens is 1. The number of halogens is 1. The molecule has 0 saturated heterocycles. The van der Waals surface area contributed by atoms with Crippen molar-refractivity contribution < 1.29 is 14.0 Å². The fourth-order valence-corrected chi connectivity index (χ4v) is 3.85. The lowest BCUT2D eigenvalue weighted by atomic mass is 10.2. The van der Waals surface area contributed by atoms with E-state index in [0.29, 0.717) is 27.3 Å². The van der Waals surface area contributed by atoms with E-state index < -0.39 is 11.7 Å². The topological polar surface area (TPSA) is 111 Å². The van der Waals surface area contributed by atoms with E-state index in [0.717, 1.165) is 4.88 Å². The zero-order valence-electron chi connectivity index (χ0n) is 15.4. The van der Waals surface area contributed by atoms with Crippen LogP contribution < -0.4 is 10.6 Å². The van der Waals surface area contributed by atoms with E-state index in [1.54, 1.807) is 36.4 Å². The van der Waals surface area contributed by atoms with Crippen molar-refractivity contribution in [3.63, 3.8) is 0 Å². The Morgan fingerprint density at radius 1 is 1.13 bits per heavy atom. The van der Waals surface area contributed by atoms with Gasteiger partial charge in [-0.3, -0.25) is 14.7 Å². The summed E-state index contributed by atoms with van der Waals surface area (Å²) in [6.45, 7) is 0. The van der Waals surface area contributed by atoms with Gasteiger partial charge in [0.25, 0.3) is 5.91 Å². The summed E-state index contributed by atoms with van der Waals surface area (Å²) in [5.74, 6) is -1.08. The molecule has 148 valence electrons. The number of anilines is 2. The van der Waals surface area contributed by atoms with Gasteiger partial charge in [-0.1, -0.05) is 12.1 Å². The fourth-order valence-electron chi connectivity index (χ4n) is 2.86. The Bertz CT molecular complexity index is 1290. The van der Waals surface area contributed by atoms with Crippen LogP contribution in [-0.4, -0.2) is 22.0 Å². The molecule has 30 heavy (non-hydrogen) atoms. The molecule has 4 rings (SSSR count). The summed E-state index contributed by atoms with van der Waals surface area (Å²) in [6, 6.07) is 16.0.